The summed E-state index contributed by atoms with van der Waals surface area (Å²) in [4.78, 5) is 21.9. The number of anilines is 1. The molecule has 166 valence electrons. The number of nitrogens with one attached hydrogen (secondary N) is 2. The first-order chi connectivity index (χ1) is 15.4. The van der Waals surface area contributed by atoms with Gasteiger partial charge in [0.15, 0.2) is 11.5 Å². The standard InChI is InChI=1S/C20H20ClN7O4/c1-10(2)30-9-15(18(29)25-20-28-26-11(3)31-20)32-19-13-8-22-27-17(13)23-16(24-19)12-6-4-5-7-14(12)21/h4-8,10,15H,9H2,1-3H3,(H,25,28,29)(H,22,23,24,27). The van der Waals surface area contributed by atoms with Crippen molar-refractivity contribution in [1.82, 2.24) is 30.4 Å². The highest BCUT2D eigenvalue weighted by Crippen LogP contribution is 2.30. The van der Waals surface area contributed by atoms with Gasteiger partial charge in [0.2, 0.25) is 17.9 Å². The molecular weight excluding hydrogens is 438 g/mol. The number of carbonyl (C=O) groups is 1. The van der Waals surface area contributed by atoms with Gasteiger partial charge in [-0.05, 0) is 26.0 Å². The van der Waals surface area contributed by atoms with E-state index in [1.165, 1.54) is 6.20 Å². The Kier molecular flexibility index (Phi) is 6.28. The minimum atomic E-state index is -1.07. The lowest BCUT2D eigenvalue weighted by Gasteiger charge is -2.19. The minimum Gasteiger partial charge on any atom is -0.461 e. The molecule has 0 saturated carbocycles. The van der Waals surface area contributed by atoms with Crippen LogP contribution in [0.5, 0.6) is 5.88 Å². The maximum absolute atomic E-state index is 12.9. The smallest absolute Gasteiger partial charge is 0.322 e. The molecule has 0 spiro atoms. The number of aromatic nitrogens is 6. The third-order valence-electron chi connectivity index (χ3n) is 4.27. The number of H-pyrrole nitrogens is 1. The first-order valence-corrected chi connectivity index (χ1v) is 10.1. The summed E-state index contributed by atoms with van der Waals surface area (Å²) in [5.41, 5.74) is 1.04. The predicted molar refractivity (Wildman–Crippen MR) is 115 cm³/mol. The molecule has 4 aromatic rings. The topological polar surface area (TPSA) is 141 Å². The van der Waals surface area contributed by atoms with Crippen LogP contribution in [0.15, 0.2) is 34.9 Å². The fourth-order valence-corrected chi connectivity index (χ4v) is 2.99. The number of amides is 1. The van der Waals surface area contributed by atoms with Crippen molar-refractivity contribution in [3.63, 3.8) is 0 Å². The summed E-state index contributed by atoms with van der Waals surface area (Å²) < 4.78 is 16.8. The molecule has 0 saturated heterocycles. The average Bonchev–Trinajstić information content (AvgIpc) is 3.39. The van der Waals surface area contributed by atoms with E-state index < -0.39 is 12.0 Å². The van der Waals surface area contributed by atoms with Gasteiger partial charge >= 0.3 is 6.01 Å². The SMILES string of the molecule is Cc1nnc(NC(=O)C(COC(C)C)Oc2nc(-c3ccccc3Cl)nc3[nH]ncc23)o1. The summed E-state index contributed by atoms with van der Waals surface area (Å²) in [6.07, 6.45) is 0.315. The van der Waals surface area contributed by atoms with Gasteiger partial charge in [0.25, 0.3) is 5.91 Å². The molecule has 1 aromatic carbocycles. The molecule has 11 nitrogen and oxygen atoms in total. The predicted octanol–water partition coefficient (Wildman–Crippen LogP) is 3.18. The molecule has 0 fully saturated rings. The Labute approximate surface area is 187 Å². The van der Waals surface area contributed by atoms with Gasteiger partial charge in [-0.1, -0.05) is 28.8 Å². The molecule has 0 bridgehead atoms. The Morgan fingerprint density at radius 3 is 2.78 bits per heavy atom. The largest absolute Gasteiger partial charge is 0.461 e. The van der Waals surface area contributed by atoms with Gasteiger partial charge in [0.05, 0.1) is 23.9 Å². The van der Waals surface area contributed by atoms with Crippen molar-refractivity contribution in [3.8, 4) is 17.3 Å². The van der Waals surface area contributed by atoms with Gasteiger partial charge in [-0.3, -0.25) is 15.2 Å². The Bertz CT molecular complexity index is 1240. The molecule has 3 heterocycles. The van der Waals surface area contributed by atoms with Crippen LogP contribution in [0, 0.1) is 6.92 Å². The van der Waals surface area contributed by atoms with Crippen LogP contribution >= 0.6 is 11.6 Å². The number of nitrogens with zero attached hydrogens (tertiary/aromatic N) is 5. The van der Waals surface area contributed by atoms with E-state index in [0.29, 0.717) is 33.3 Å². The second-order valence-electron chi connectivity index (χ2n) is 7.07. The van der Waals surface area contributed by atoms with Crippen molar-refractivity contribution in [1.29, 1.82) is 0 Å². The highest BCUT2D eigenvalue weighted by molar-refractivity contribution is 6.33. The number of carbonyl (C=O) groups excluding carboxylic acids is 1. The van der Waals surface area contributed by atoms with E-state index in [4.69, 9.17) is 25.5 Å². The van der Waals surface area contributed by atoms with E-state index >= 15 is 0 Å². The molecule has 12 heteroatoms. The first-order valence-electron chi connectivity index (χ1n) is 9.76. The number of aryl methyl sites for hydroxylation is 1. The molecule has 3 aromatic heterocycles. The van der Waals surface area contributed by atoms with Crippen LogP contribution in [0.4, 0.5) is 6.01 Å². The van der Waals surface area contributed by atoms with Crippen molar-refractivity contribution in [3.05, 3.63) is 41.4 Å². The number of hydrogen-bond acceptors (Lipinski definition) is 9. The first kappa shape index (κ1) is 21.7. The molecular formula is C20H20ClN7O4. The number of aromatic amines is 1. The van der Waals surface area contributed by atoms with Gasteiger partial charge in [-0.2, -0.15) is 10.1 Å². The maximum atomic E-state index is 12.9. The molecule has 1 unspecified atom stereocenters. The van der Waals surface area contributed by atoms with Crippen LogP contribution in [0.1, 0.15) is 19.7 Å². The molecule has 0 radical (unpaired) electrons. The van der Waals surface area contributed by atoms with E-state index in [1.807, 2.05) is 19.9 Å². The van der Waals surface area contributed by atoms with Crippen molar-refractivity contribution in [2.24, 2.45) is 0 Å². The summed E-state index contributed by atoms with van der Waals surface area (Å²) in [5, 5.41) is 17.8. The summed E-state index contributed by atoms with van der Waals surface area (Å²) in [7, 11) is 0. The van der Waals surface area contributed by atoms with Gasteiger partial charge in [0.1, 0.15) is 5.39 Å². The molecule has 0 aliphatic rings. The van der Waals surface area contributed by atoms with Crippen LogP contribution < -0.4 is 10.1 Å². The Morgan fingerprint density at radius 1 is 1.25 bits per heavy atom. The Morgan fingerprint density at radius 2 is 2.06 bits per heavy atom. The highest BCUT2D eigenvalue weighted by atomic mass is 35.5. The molecule has 2 N–H and O–H groups in total. The van der Waals surface area contributed by atoms with Crippen molar-refractivity contribution in [2.75, 3.05) is 11.9 Å². The normalized spacial score (nSPS) is 12.3. The number of fused-ring (bicyclic) bond motifs is 1. The van der Waals surface area contributed by atoms with Crippen molar-refractivity contribution < 1.29 is 18.7 Å². The highest BCUT2D eigenvalue weighted by Gasteiger charge is 2.26. The molecule has 1 atom stereocenters. The lowest BCUT2D eigenvalue weighted by atomic mass is 10.2. The molecule has 1 amide bonds. The minimum absolute atomic E-state index is 0.0403. The summed E-state index contributed by atoms with van der Waals surface area (Å²) in [5.74, 6) is 0.243. The molecule has 0 aliphatic carbocycles. The second kappa shape index (κ2) is 9.28. The summed E-state index contributed by atoms with van der Waals surface area (Å²) >= 11 is 6.32. The average molecular weight is 458 g/mol. The lowest BCUT2D eigenvalue weighted by Crippen LogP contribution is -2.38. The number of ether oxygens (including phenoxy) is 2. The Hall–Kier alpha value is -3.57. The summed E-state index contributed by atoms with van der Waals surface area (Å²) in [6.45, 7) is 5.28. The van der Waals surface area contributed by atoms with Crippen LogP contribution in [-0.2, 0) is 9.53 Å². The van der Waals surface area contributed by atoms with Gasteiger partial charge in [-0.25, -0.2) is 4.98 Å². The third-order valence-corrected chi connectivity index (χ3v) is 4.60. The zero-order chi connectivity index (χ0) is 22.7. The summed E-state index contributed by atoms with van der Waals surface area (Å²) in [6, 6.07) is 7.10. The number of rotatable bonds is 8. The number of benzene rings is 1. The third kappa shape index (κ3) is 4.84. The van der Waals surface area contributed by atoms with Crippen molar-refractivity contribution in [2.45, 2.75) is 33.0 Å². The van der Waals surface area contributed by atoms with Crippen LogP contribution in [0.2, 0.25) is 5.02 Å². The fourth-order valence-electron chi connectivity index (χ4n) is 2.77. The quantitative estimate of drug-likeness (QED) is 0.408. The van der Waals surface area contributed by atoms with Gasteiger partial charge in [-0.15, -0.1) is 5.10 Å². The van der Waals surface area contributed by atoms with Crippen molar-refractivity contribution >= 4 is 34.6 Å². The van der Waals surface area contributed by atoms with E-state index in [1.54, 1.807) is 25.1 Å². The molecule has 4 rings (SSSR count). The number of hydrogen-bond donors (Lipinski definition) is 2. The number of halogens is 1. The zero-order valence-electron chi connectivity index (χ0n) is 17.5. The fraction of sp³-hybridized carbons (Fsp3) is 0.300. The van der Waals surface area contributed by atoms with Crippen LogP contribution in [-0.4, -0.2) is 55.1 Å². The Balaban J connectivity index is 1.67. The van der Waals surface area contributed by atoms with Crippen LogP contribution in [0.3, 0.4) is 0 Å². The second-order valence-corrected chi connectivity index (χ2v) is 7.48. The van der Waals surface area contributed by atoms with Gasteiger partial charge in [0, 0.05) is 12.5 Å². The van der Waals surface area contributed by atoms with E-state index in [-0.39, 0.29) is 24.6 Å². The zero-order valence-corrected chi connectivity index (χ0v) is 18.3. The monoisotopic (exact) mass is 457 g/mol. The maximum Gasteiger partial charge on any atom is 0.322 e. The molecule has 32 heavy (non-hydrogen) atoms. The lowest BCUT2D eigenvalue weighted by molar-refractivity contribution is -0.126. The molecule has 0 aliphatic heterocycles. The van der Waals surface area contributed by atoms with E-state index in [2.05, 4.69) is 35.7 Å². The van der Waals surface area contributed by atoms with Crippen LogP contribution in [0.25, 0.3) is 22.4 Å². The van der Waals surface area contributed by atoms with E-state index in [9.17, 15) is 4.79 Å². The van der Waals surface area contributed by atoms with Gasteiger partial charge < -0.3 is 13.9 Å². The van der Waals surface area contributed by atoms with E-state index in [0.717, 1.165) is 0 Å².